The van der Waals surface area contributed by atoms with Gasteiger partial charge in [-0.1, -0.05) is 6.07 Å². The van der Waals surface area contributed by atoms with Crippen molar-refractivity contribution in [2.75, 3.05) is 0 Å². The van der Waals surface area contributed by atoms with Gasteiger partial charge in [-0.15, -0.1) is 0 Å². The van der Waals surface area contributed by atoms with Gasteiger partial charge < -0.3 is 4.98 Å². The van der Waals surface area contributed by atoms with Gasteiger partial charge in [0.1, 0.15) is 0 Å². The fourth-order valence-electron chi connectivity index (χ4n) is 2.04. The summed E-state index contributed by atoms with van der Waals surface area (Å²) in [5, 5.41) is 9.82. The van der Waals surface area contributed by atoms with E-state index in [1.807, 2.05) is 12.1 Å². The molecule has 1 heterocycles. The first-order valence-electron chi connectivity index (χ1n) is 5.35. The first-order valence-corrected chi connectivity index (χ1v) is 5.35. The largest absolute Gasteiger partial charge is 0.360 e. The fraction of sp³-hybridized carbons (Fsp3) is 0.231. The van der Waals surface area contributed by atoms with Crippen molar-refractivity contribution in [3.8, 4) is 6.07 Å². The van der Waals surface area contributed by atoms with Crippen molar-refractivity contribution in [3.05, 3.63) is 35.5 Å². The number of hydrogen-bond donors (Lipinski definition) is 1. The molecular formula is C13H10N2O. The lowest BCUT2D eigenvalue weighted by Gasteiger charge is -1.98. The Hall–Kier alpha value is -2.08. The molecule has 2 aromatic rings. The normalized spacial score (nSPS) is 14.9. The maximum Gasteiger partial charge on any atom is 0.168 e. The molecule has 1 aromatic carbocycles. The molecule has 3 nitrogen and oxygen atoms in total. The number of hydrogen-bond acceptors (Lipinski definition) is 2. The maximum atomic E-state index is 12.0. The minimum atomic E-state index is 0.175. The molecule has 1 aromatic heterocycles. The van der Waals surface area contributed by atoms with Crippen LogP contribution in [0.15, 0.2) is 24.4 Å². The first-order chi connectivity index (χ1) is 7.81. The van der Waals surface area contributed by atoms with Crippen molar-refractivity contribution in [2.45, 2.75) is 12.8 Å². The van der Waals surface area contributed by atoms with E-state index in [0.29, 0.717) is 11.1 Å². The number of benzene rings is 1. The molecular weight excluding hydrogens is 200 g/mol. The Kier molecular flexibility index (Phi) is 1.84. The standard InChI is InChI=1S/C13H10N2O/c14-6-9-2-1-3-11-12(9)10(7-15-11)13(16)8-4-5-8/h1-3,7-8,15H,4-5H2. The highest BCUT2D eigenvalue weighted by atomic mass is 16.1. The summed E-state index contributed by atoms with van der Waals surface area (Å²) in [7, 11) is 0. The van der Waals surface area contributed by atoms with Gasteiger partial charge in [-0.25, -0.2) is 0 Å². The number of Topliss-reactive ketones (excluding diaryl/α,β-unsaturated/α-hetero) is 1. The summed E-state index contributed by atoms with van der Waals surface area (Å²) < 4.78 is 0. The third-order valence-corrected chi connectivity index (χ3v) is 3.04. The van der Waals surface area contributed by atoms with Crippen molar-refractivity contribution >= 4 is 16.7 Å². The summed E-state index contributed by atoms with van der Waals surface area (Å²) in [5.41, 5.74) is 2.11. The minimum absolute atomic E-state index is 0.175. The van der Waals surface area contributed by atoms with Gasteiger partial charge in [0, 0.05) is 28.6 Å². The van der Waals surface area contributed by atoms with E-state index >= 15 is 0 Å². The Labute approximate surface area is 92.7 Å². The number of nitrogens with zero attached hydrogens (tertiary/aromatic N) is 1. The average molecular weight is 210 g/mol. The van der Waals surface area contributed by atoms with E-state index in [0.717, 1.165) is 23.7 Å². The van der Waals surface area contributed by atoms with Crippen LogP contribution in [0.2, 0.25) is 0 Å². The molecule has 0 radical (unpaired) electrons. The minimum Gasteiger partial charge on any atom is -0.360 e. The van der Waals surface area contributed by atoms with Crippen LogP contribution >= 0.6 is 0 Å². The van der Waals surface area contributed by atoms with Crippen molar-refractivity contribution < 1.29 is 4.79 Å². The second-order valence-electron chi connectivity index (χ2n) is 4.18. The first kappa shape index (κ1) is 9.17. The molecule has 0 saturated heterocycles. The molecule has 1 N–H and O–H groups in total. The van der Waals surface area contributed by atoms with E-state index < -0.39 is 0 Å². The Morgan fingerprint density at radius 3 is 2.94 bits per heavy atom. The predicted octanol–water partition coefficient (Wildman–Crippen LogP) is 2.63. The second-order valence-corrected chi connectivity index (χ2v) is 4.18. The van der Waals surface area contributed by atoms with E-state index in [4.69, 9.17) is 5.26 Å². The number of ketones is 1. The van der Waals surface area contributed by atoms with Crippen molar-refractivity contribution in [1.29, 1.82) is 5.26 Å². The number of rotatable bonds is 2. The van der Waals surface area contributed by atoms with Crippen LogP contribution in [0.25, 0.3) is 10.9 Å². The number of carbonyl (C=O) groups is 1. The fourth-order valence-corrected chi connectivity index (χ4v) is 2.04. The van der Waals surface area contributed by atoms with Gasteiger partial charge in [0.15, 0.2) is 5.78 Å². The molecule has 0 unspecified atom stereocenters. The van der Waals surface area contributed by atoms with Crippen LogP contribution in [0.4, 0.5) is 0 Å². The van der Waals surface area contributed by atoms with Gasteiger partial charge in [0.2, 0.25) is 0 Å². The van der Waals surface area contributed by atoms with Gasteiger partial charge in [-0.3, -0.25) is 4.79 Å². The summed E-state index contributed by atoms with van der Waals surface area (Å²) in [5.74, 6) is 0.361. The third kappa shape index (κ3) is 1.24. The van der Waals surface area contributed by atoms with Crippen LogP contribution in [0.3, 0.4) is 0 Å². The summed E-state index contributed by atoms with van der Waals surface area (Å²) in [6, 6.07) is 7.60. The molecule has 1 fully saturated rings. The molecule has 3 rings (SSSR count). The van der Waals surface area contributed by atoms with Gasteiger partial charge in [-0.2, -0.15) is 5.26 Å². The molecule has 3 heteroatoms. The van der Waals surface area contributed by atoms with Gasteiger partial charge in [0.25, 0.3) is 0 Å². The Morgan fingerprint density at radius 1 is 1.44 bits per heavy atom. The highest BCUT2D eigenvalue weighted by Crippen LogP contribution is 2.35. The molecule has 0 aliphatic heterocycles. The van der Waals surface area contributed by atoms with Crippen LogP contribution in [0.1, 0.15) is 28.8 Å². The molecule has 0 amide bonds. The van der Waals surface area contributed by atoms with Crippen LogP contribution in [0, 0.1) is 17.2 Å². The van der Waals surface area contributed by atoms with Crippen LogP contribution in [-0.4, -0.2) is 10.8 Å². The lowest BCUT2D eigenvalue weighted by molar-refractivity contribution is 0.0969. The molecule has 78 valence electrons. The number of nitrogens with one attached hydrogen (secondary N) is 1. The lowest BCUT2D eigenvalue weighted by atomic mass is 10.0. The number of carbonyl (C=O) groups excluding carboxylic acids is 1. The third-order valence-electron chi connectivity index (χ3n) is 3.04. The highest BCUT2D eigenvalue weighted by molar-refractivity contribution is 6.11. The summed E-state index contributed by atoms with van der Waals surface area (Å²) in [4.78, 5) is 15.1. The topological polar surface area (TPSA) is 56.6 Å². The van der Waals surface area contributed by atoms with Crippen LogP contribution < -0.4 is 0 Å². The van der Waals surface area contributed by atoms with Crippen molar-refractivity contribution in [3.63, 3.8) is 0 Å². The van der Waals surface area contributed by atoms with Crippen molar-refractivity contribution in [2.24, 2.45) is 5.92 Å². The van der Waals surface area contributed by atoms with Crippen molar-refractivity contribution in [1.82, 2.24) is 4.98 Å². The van der Waals surface area contributed by atoms with E-state index in [-0.39, 0.29) is 11.7 Å². The summed E-state index contributed by atoms with van der Waals surface area (Å²) in [6.07, 6.45) is 3.70. The number of aromatic amines is 1. The summed E-state index contributed by atoms with van der Waals surface area (Å²) >= 11 is 0. The monoisotopic (exact) mass is 210 g/mol. The zero-order valence-corrected chi connectivity index (χ0v) is 8.66. The van der Waals surface area contributed by atoms with E-state index in [1.54, 1.807) is 12.3 Å². The number of nitriles is 1. The molecule has 0 atom stereocenters. The van der Waals surface area contributed by atoms with E-state index in [2.05, 4.69) is 11.1 Å². The maximum absolute atomic E-state index is 12.0. The molecule has 0 spiro atoms. The van der Waals surface area contributed by atoms with Crippen LogP contribution in [-0.2, 0) is 0 Å². The number of aromatic nitrogens is 1. The molecule has 1 aliphatic carbocycles. The second kappa shape index (κ2) is 3.21. The SMILES string of the molecule is N#Cc1cccc2[nH]cc(C(=O)C3CC3)c12. The zero-order chi connectivity index (χ0) is 11.1. The zero-order valence-electron chi connectivity index (χ0n) is 8.66. The highest BCUT2D eigenvalue weighted by Gasteiger charge is 2.32. The van der Waals surface area contributed by atoms with E-state index in [9.17, 15) is 4.79 Å². The molecule has 0 bridgehead atoms. The Balaban J connectivity index is 2.25. The Bertz CT molecular complexity index is 614. The van der Waals surface area contributed by atoms with Gasteiger partial charge in [-0.05, 0) is 25.0 Å². The molecule has 16 heavy (non-hydrogen) atoms. The molecule has 1 saturated carbocycles. The lowest BCUT2D eigenvalue weighted by Crippen LogP contribution is -2.00. The van der Waals surface area contributed by atoms with Crippen LogP contribution in [0.5, 0.6) is 0 Å². The smallest absolute Gasteiger partial charge is 0.168 e. The van der Waals surface area contributed by atoms with E-state index in [1.165, 1.54) is 0 Å². The predicted molar refractivity (Wildman–Crippen MR) is 60.1 cm³/mol. The van der Waals surface area contributed by atoms with Gasteiger partial charge >= 0.3 is 0 Å². The Morgan fingerprint density at radius 2 is 2.25 bits per heavy atom. The quantitative estimate of drug-likeness (QED) is 0.774. The molecule has 1 aliphatic rings. The average Bonchev–Trinajstić information content (AvgIpc) is 3.07. The number of fused-ring (bicyclic) bond motifs is 1. The van der Waals surface area contributed by atoms with Gasteiger partial charge in [0.05, 0.1) is 11.6 Å². The number of H-pyrrole nitrogens is 1. The summed E-state index contributed by atoms with van der Waals surface area (Å²) in [6.45, 7) is 0.